The fraction of sp³-hybridized carbons (Fsp3) is 0.688. The highest BCUT2D eigenvalue weighted by molar-refractivity contribution is 7.52. The van der Waals surface area contributed by atoms with E-state index >= 15 is 0 Å². The van der Waals surface area contributed by atoms with Gasteiger partial charge in [-0.25, -0.2) is 0 Å². The van der Waals surface area contributed by atoms with Crippen molar-refractivity contribution in [3.8, 4) is 0 Å². The number of allylic oxidation sites excluding steroid dienone is 1. The van der Waals surface area contributed by atoms with Gasteiger partial charge in [0.05, 0.1) is 79.9 Å². The summed E-state index contributed by atoms with van der Waals surface area (Å²) in [5.74, 6) is 3.41. The second-order valence-corrected chi connectivity index (χ2v) is 42.4. The van der Waals surface area contributed by atoms with Gasteiger partial charge >= 0.3 is 23.1 Å². The number of aliphatic hydroxyl groups is 1. The predicted octanol–water partition coefficient (Wildman–Crippen LogP) is 17.0. The van der Waals surface area contributed by atoms with E-state index in [0.29, 0.717) is 47.3 Å². The number of hydrogen-bond donors (Lipinski definition) is 1. The number of hydrogen-bond acceptors (Lipinski definition) is 14. The number of ether oxygens (including phenoxy) is 6. The Morgan fingerprint density at radius 3 is 1.27 bits per heavy atom. The van der Waals surface area contributed by atoms with Crippen molar-refractivity contribution in [2.75, 3.05) is 19.8 Å². The van der Waals surface area contributed by atoms with Crippen LogP contribution in [0.2, 0.25) is 36.3 Å². The molecule has 0 amide bonds. The lowest BCUT2D eigenvalue weighted by Gasteiger charge is -2.38. The number of carbonyl (C=O) groups is 1. The molecule has 18 heteroatoms. The molecule has 2 aromatic carbocycles. The van der Waals surface area contributed by atoms with E-state index < -0.39 is 39.8 Å². The van der Waals surface area contributed by atoms with Crippen molar-refractivity contribution in [1.82, 2.24) is 0 Å². The second-order valence-electron chi connectivity index (χ2n) is 32.5. The molecule has 4 unspecified atom stereocenters. The summed E-state index contributed by atoms with van der Waals surface area (Å²) in [6.07, 6.45) is 21.8. The number of rotatable bonds is 28. The number of aldehydes is 1. The normalized spacial score (nSPS) is 31.4. The largest absolute Gasteiger partial charge is 0.417 e. The van der Waals surface area contributed by atoms with Gasteiger partial charge in [-0.05, 0) is 187 Å². The Balaban J connectivity index is 0.000000328. The molecule has 14 nitrogen and oxygen atoms in total. The zero-order chi connectivity index (χ0) is 72.7. The van der Waals surface area contributed by atoms with Gasteiger partial charge < -0.3 is 42.4 Å². The van der Waals surface area contributed by atoms with Crippen LogP contribution < -0.4 is 0 Å². The fourth-order valence-electron chi connectivity index (χ4n) is 14.6. The summed E-state index contributed by atoms with van der Waals surface area (Å²) < 4.78 is 86.6. The summed E-state index contributed by atoms with van der Waals surface area (Å²) in [5, 5.41) is 9.56. The van der Waals surface area contributed by atoms with Crippen molar-refractivity contribution in [3.05, 3.63) is 145 Å². The molecule has 0 aliphatic carbocycles. The smallest absolute Gasteiger partial charge is 0.335 e. The highest BCUT2D eigenvalue weighted by Gasteiger charge is 2.48. The Hall–Kier alpha value is -3.74. The molecule has 6 fully saturated rings. The molecule has 0 aromatic heterocycles. The monoisotopic (exact) mass is 1430 g/mol. The van der Waals surface area contributed by atoms with Crippen LogP contribution in [-0.2, 0) is 78.1 Å². The number of aliphatic hydroxyl groups excluding tert-OH is 1. The molecule has 20 atom stereocenters. The van der Waals surface area contributed by atoms with Gasteiger partial charge in [-0.2, -0.15) is 16.8 Å². The maximum absolute atomic E-state index is 10.8. The Morgan fingerprint density at radius 1 is 0.551 bits per heavy atom. The highest BCUT2D eigenvalue weighted by Crippen LogP contribution is 2.47. The fourth-order valence-corrected chi connectivity index (χ4v) is 16.9. The van der Waals surface area contributed by atoms with Crippen LogP contribution in [-0.4, -0.2) is 138 Å². The number of benzene rings is 2. The van der Waals surface area contributed by atoms with Gasteiger partial charge in [-0.15, -0.1) is 0 Å². The van der Waals surface area contributed by atoms with E-state index in [9.17, 15) is 4.79 Å². The molecule has 1 N–H and O–H groups in total. The van der Waals surface area contributed by atoms with E-state index in [4.69, 9.17) is 59.2 Å². The molecule has 0 radical (unpaired) electrons. The van der Waals surface area contributed by atoms with Gasteiger partial charge in [0.25, 0.3) is 0 Å². The van der Waals surface area contributed by atoms with Crippen LogP contribution in [0.4, 0.5) is 0 Å². The lowest BCUT2D eigenvalue weighted by molar-refractivity contribution is -0.104. The highest BCUT2D eigenvalue weighted by atomic mass is 32.1. The lowest BCUT2D eigenvalue weighted by atomic mass is 9.78. The average Bonchev–Trinajstić information content (AvgIpc) is 1.65. The third-order valence-corrected chi connectivity index (χ3v) is 32.0. The summed E-state index contributed by atoms with van der Waals surface area (Å²) in [5.41, 5.74) is 7.41. The number of carbonyl (C=O) groups excluding carboxylic acids is 1. The molecule has 6 heterocycles. The minimum Gasteiger partial charge on any atom is -0.417 e. The topological polar surface area (TPSA) is 179 Å². The molecule has 6 aliphatic rings. The van der Waals surface area contributed by atoms with Crippen LogP contribution in [0.5, 0.6) is 0 Å². The van der Waals surface area contributed by atoms with Gasteiger partial charge in [-0.3, -0.25) is 4.79 Å². The van der Waals surface area contributed by atoms with Crippen LogP contribution in [0.15, 0.2) is 134 Å². The molecule has 8 rings (SSSR count). The third-order valence-electron chi connectivity index (χ3n) is 23.0. The van der Waals surface area contributed by atoms with E-state index in [1.54, 1.807) is 6.08 Å². The standard InChI is InChI=1S/C40H64O5Si.C40H62O5Si.2O2S/c2*1-27(26-42-46(9,10)40(6,7)8)21-37-31(5)35(24-32-15-12-11-13-16-32)39(45-37)25-38-30(4)28(2)22-34(44-38)18-19-36-29(3)23-33(43-36)17-14-20-41;2*1-3-2/h11-17,27-28,31,33-39,41H,3-4,18-26H2,1-2,5-10H3;11-17,20,27-28,31,33-39H,3-4,18-19,21-26H2,1-2,5-10H3;;/b2*17-14+;;/t2*27-,28+,31+,33-,34-,35+,36?,37+,38?,39-;;/m00../s1. The Labute approximate surface area is 600 Å². The molecule has 0 spiro atoms. The van der Waals surface area contributed by atoms with Gasteiger partial charge in [0.2, 0.25) is 0 Å². The molecule has 0 bridgehead atoms. The van der Waals surface area contributed by atoms with Crippen LogP contribution in [0.1, 0.15) is 171 Å². The Kier molecular flexibility index (Phi) is 35.0. The first-order valence-electron chi connectivity index (χ1n) is 36.4. The van der Waals surface area contributed by atoms with Gasteiger partial charge in [0.15, 0.2) is 16.6 Å². The van der Waals surface area contributed by atoms with Crippen molar-refractivity contribution in [1.29, 1.82) is 0 Å². The molecule has 0 saturated carbocycles. The first-order chi connectivity index (χ1) is 46.2. The van der Waals surface area contributed by atoms with E-state index in [2.05, 4.69) is 196 Å². The van der Waals surface area contributed by atoms with E-state index in [1.165, 1.54) is 28.3 Å². The van der Waals surface area contributed by atoms with Crippen molar-refractivity contribution in [2.45, 2.75) is 282 Å². The summed E-state index contributed by atoms with van der Waals surface area (Å²) in [6, 6.07) is 21.8. The lowest BCUT2D eigenvalue weighted by Crippen LogP contribution is -2.42. The van der Waals surface area contributed by atoms with Crippen molar-refractivity contribution >= 4 is 46.1 Å². The van der Waals surface area contributed by atoms with Gasteiger partial charge in [0, 0.05) is 38.9 Å². The first kappa shape index (κ1) is 84.9. The molecular weight excluding hydrogens is 1310 g/mol. The average molecular weight is 1430 g/mol. The maximum Gasteiger partial charge on any atom is 0.335 e. The van der Waals surface area contributed by atoms with E-state index in [-0.39, 0.29) is 89.9 Å². The quantitative estimate of drug-likeness (QED) is 0.0368. The molecule has 6 aliphatic heterocycles. The zero-order valence-corrected chi connectivity index (χ0v) is 66.3. The summed E-state index contributed by atoms with van der Waals surface area (Å²) in [4.78, 5) is 10.8. The van der Waals surface area contributed by atoms with Gasteiger partial charge in [-0.1, -0.05) is 188 Å². The van der Waals surface area contributed by atoms with Crippen molar-refractivity contribution in [2.24, 2.45) is 47.3 Å². The van der Waals surface area contributed by atoms with Crippen LogP contribution in [0.25, 0.3) is 0 Å². The zero-order valence-electron chi connectivity index (χ0n) is 62.6. The SMILES string of the molecule is C=C1C[C@H](/C=C/C=O)OC1CC[C@H]1C[C@@H](C)C(=C)C(C[C@@H]2O[C@H](C[C@H](C)CO[Si](C)(C)C(C)(C)C)[C@H](C)[C@H]2Cc2ccccc2)O1.C=C1C[C@H](/C=C/CO)OC1CC[C@H]1C[C@@H](C)C(=C)C(C[C@@H]2O[C@H](C[C@H](C)CO[Si](C)(C)C(C)(C)C)[C@H](C)[C@H]2Cc2ccccc2)O1.O=S=O.O=S=O. The van der Waals surface area contributed by atoms with Crippen molar-refractivity contribution < 1.29 is 64.0 Å². The van der Waals surface area contributed by atoms with Crippen LogP contribution in [0.3, 0.4) is 0 Å². The molecule has 550 valence electrons. The summed E-state index contributed by atoms with van der Waals surface area (Å²) >= 11 is -1.50. The summed E-state index contributed by atoms with van der Waals surface area (Å²) in [7, 11) is -3.58. The molecular formula is C80H126O14S2Si2. The van der Waals surface area contributed by atoms with E-state index in [1.807, 2.05) is 12.2 Å². The minimum absolute atomic E-state index is 0.00440. The van der Waals surface area contributed by atoms with E-state index in [0.717, 1.165) is 121 Å². The van der Waals surface area contributed by atoms with Crippen LogP contribution >= 0.6 is 0 Å². The molecule has 2 aromatic rings. The molecule has 98 heavy (non-hydrogen) atoms. The first-order valence-corrected chi connectivity index (χ1v) is 43.6. The minimum atomic E-state index is -1.79. The molecule has 6 saturated heterocycles. The van der Waals surface area contributed by atoms with Gasteiger partial charge in [0.1, 0.15) is 6.29 Å². The third kappa shape index (κ3) is 25.9. The maximum atomic E-state index is 10.8. The van der Waals surface area contributed by atoms with Crippen LogP contribution in [0, 0.1) is 47.3 Å². The predicted molar refractivity (Wildman–Crippen MR) is 402 cm³/mol. The summed E-state index contributed by atoms with van der Waals surface area (Å²) in [6.45, 7) is 56.5. The second kappa shape index (κ2) is 40.4. The van der Waals surface area contributed by atoms with Crippen molar-refractivity contribution in [3.63, 3.8) is 0 Å². The Morgan fingerprint density at radius 2 is 0.918 bits per heavy atom. The Bertz CT molecular complexity index is 2920.